The third-order valence-electron chi connectivity index (χ3n) is 3.16. The number of carbonyl (C=O) groups excluding carboxylic acids is 1. The van der Waals surface area contributed by atoms with Crippen LogP contribution in [-0.4, -0.2) is 31.7 Å². The van der Waals surface area contributed by atoms with Gasteiger partial charge in [0.05, 0.1) is 0 Å². The van der Waals surface area contributed by atoms with Gasteiger partial charge in [0, 0.05) is 18.2 Å². The Bertz CT molecular complexity index is 454. The van der Waals surface area contributed by atoms with Crippen LogP contribution in [0.3, 0.4) is 0 Å². The van der Waals surface area contributed by atoms with Crippen molar-refractivity contribution in [3.8, 4) is 5.75 Å². The monoisotopic (exact) mass is 270 g/mol. The molecule has 1 saturated heterocycles. The van der Waals surface area contributed by atoms with E-state index in [4.69, 9.17) is 0 Å². The summed E-state index contributed by atoms with van der Waals surface area (Å²) in [5.41, 5.74) is 0.317. The van der Waals surface area contributed by atoms with Crippen LogP contribution in [0, 0.1) is 5.92 Å². The topological polar surface area (TPSA) is 50.4 Å². The number of alkyl halides is 2. The van der Waals surface area contributed by atoms with Crippen molar-refractivity contribution < 1.29 is 18.3 Å². The van der Waals surface area contributed by atoms with E-state index in [1.54, 1.807) is 6.07 Å². The Labute approximate surface area is 110 Å². The van der Waals surface area contributed by atoms with Crippen molar-refractivity contribution >= 4 is 5.91 Å². The molecular weight excluding hydrogens is 254 g/mol. The fraction of sp³-hybridized carbons (Fsp3) is 0.462. The summed E-state index contributed by atoms with van der Waals surface area (Å²) in [4.78, 5) is 12.0. The minimum absolute atomic E-state index is 0.0137. The van der Waals surface area contributed by atoms with Crippen molar-refractivity contribution in [1.82, 2.24) is 10.6 Å². The molecule has 1 heterocycles. The summed E-state index contributed by atoms with van der Waals surface area (Å²) in [6, 6.07) is 5.85. The fourth-order valence-electron chi connectivity index (χ4n) is 2.07. The number of nitrogens with one attached hydrogen (secondary N) is 2. The zero-order valence-electron chi connectivity index (χ0n) is 10.5. The number of ether oxygens (including phenoxy) is 1. The molecule has 1 fully saturated rings. The molecule has 0 spiro atoms. The van der Waals surface area contributed by atoms with Crippen molar-refractivity contribution in [1.29, 1.82) is 0 Å². The Kier molecular flexibility index (Phi) is 4.31. The fourth-order valence-corrected chi connectivity index (χ4v) is 2.07. The zero-order chi connectivity index (χ0) is 13.8. The highest BCUT2D eigenvalue weighted by atomic mass is 19.3. The van der Waals surface area contributed by atoms with E-state index in [1.165, 1.54) is 18.2 Å². The van der Waals surface area contributed by atoms with Gasteiger partial charge in [0.25, 0.3) is 5.91 Å². The van der Waals surface area contributed by atoms with Crippen molar-refractivity contribution in [2.24, 2.45) is 5.92 Å². The van der Waals surface area contributed by atoms with Crippen LogP contribution < -0.4 is 15.4 Å². The van der Waals surface area contributed by atoms with E-state index < -0.39 is 6.61 Å². The molecule has 4 nitrogen and oxygen atoms in total. The maximum Gasteiger partial charge on any atom is 0.387 e. The summed E-state index contributed by atoms with van der Waals surface area (Å²) in [5.74, 6) is 0.0601. The number of benzene rings is 1. The Morgan fingerprint density at radius 3 is 2.89 bits per heavy atom. The van der Waals surface area contributed by atoms with Gasteiger partial charge in [-0.25, -0.2) is 0 Å². The quantitative estimate of drug-likeness (QED) is 0.874. The van der Waals surface area contributed by atoms with E-state index in [9.17, 15) is 13.6 Å². The van der Waals surface area contributed by atoms with Crippen LogP contribution in [0.2, 0.25) is 0 Å². The van der Waals surface area contributed by atoms with Crippen LogP contribution in [0.1, 0.15) is 17.3 Å². The van der Waals surface area contributed by atoms with Gasteiger partial charge < -0.3 is 15.4 Å². The first kappa shape index (κ1) is 13.7. The second-order valence-corrected chi connectivity index (χ2v) is 4.62. The molecule has 6 heteroatoms. The number of hydrogen-bond acceptors (Lipinski definition) is 3. The Balaban J connectivity index is 2.02. The highest BCUT2D eigenvalue weighted by Crippen LogP contribution is 2.16. The average Bonchev–Trinajstić information content (AvgIpc) is 2.74. The van der Waals surface area contributed by atoms with Crippen LogP contribution in [0.25, 0.3) is 0 Å². The van der Waals surface area contributed by atoms with Crippen LogP contribution in [0.4, 0.5) is 8.78 Å². The number of halogens is 2. The molecule has 0 bridgehead atoms. The molecule has 19 heavy (non-hydrogen) atoms. The zero-order valence-corrected chi connectivity index (χ0v) is 10.5. The summed E-state index contributed by atoms with van der Waals surface area (Å²) in [6.45, 7) is 0.735. The molecule has 0 radical (unpaired) electrons. The number of amides is 1. The molecule has 1 aromatic rings. The largest absolute Gasteiger partial charge is 0.435 e. The molecule has 2 atom stereocenters. The van der Waals surface area contributed by atoms with E-state index in [0.29, 0.717) is 11.5 Å². The Morgan fingerprint density at radius 2 is 2.26 bits per heavy atom. The van der Waals surface area contributed by atoms with Crippen molar-refractivity contribution in [3.63, 3.8) is 0 Å². The molecule has 1 aliphatic heterocycles. The van der Waals surface area contributed by atoms with E-state index in [0.717, 1.165) is 13.1 Å². The summed E-state index contributed by atoms with van der Waals surface area (Å²) >= 11 is 0. The predicted molar refractivity (Wildman–Crippen MR) is 66.4 cm³/mol. The van der Waals surface area contributed by atoms with Crippen molar-refractivity contribution in [3.05, 3.63) is 29.8 Å². The van der Waals surface area contributed by atoms with Gasteiger partial charge in [0.15, 0.2) is 0 Å². The molecule has 0 saturated carbocycles. The normalized spacial score (nSPS) is 22.5. The Morgan fingerprint density at radius 1 is 1.47 bits per heavy atom. The van der Waals surface area contributed by atoms with Crippen LogP contribution in [0.5, 0.6) is 5.75 Å². The minimum atomic E-state index is -2.89. The first-order valence-corrected chi connectivity index (χ1v) is 6.12. The number of rotatable bonds is 4. The third-order valence-corrected chi connectivity index (χ3v) is 3.16. The maximum absolute atomic E-state index is 12.1. The van der Waals surface area contributed by atoms with Gasteiger partial charge in [-0.2, -0.15) is 8.78 Å². The van der Waals surface area contributed by atoms with Crippen LogP contribution >= 0.6 is 0 Å². The average molecular weight is 270 g/mol. The van der Waals surface area contributed by atoms with Gasteiger partial charge in [-0.1, -0.05) is 13.0 Å². The van der Waals surface area contributed by atoms with Gasteiger partial charge in [0.2, 0.25) is 0 Å². The smallest absolute Gasteiger partial charge is 0.387 e. The molecule has 1 aromatic carbocycles. The van der Waals surface area contributed by atoms with Gasteiger partial charge in [-0.05, 0) is 30.7 Å². The molecule has 2 unspecified atom stereocenters. The highest BCUT2D eigenvalue weighted by molar-refractivity contribution is 5.94. The summed E-state index contributed by atoms with van der Waals surface area (Å²) in [6.07, 6.45) is 0. The van der Waals surface area contributed by atoms with E-state index in [1.807, 2.05) is 6.92 Å². The molecule has 2 rings (SSSR count). The second-order valence-electron chi connectivity index (χ2n) is 4.62. The summed E-state index contributed by atoms with van der Waals surface area (Å²) < 4.78 is 28.5. The molecule has 104 valence electrons. The van der Waals surface area contributed by atoms with Crippen molar-refractivity contribution in [2.75, 3.05) is 13.1 Å². The lowest BCUT2D eigenvalue weighted by Crippen LogP contribution is -2.39. The third kappa shape index (κ3) is 3.64. The lowest BCUT2D eigenvalue weighted by molar-refractivity contribution is -0.0498. The summed E-state index contributed by atoms with van der Waals surface area (Å²) in [5, 5.41) is 6.06. The summed E-state index contributed by atoms with van der Waals surface area (Å²) in [7, 11) is 0. The van der Waals surface area contributed by atoms with Gasteiger partial charge in [0.1, 0.15) is 5.75 Å². The van der Waals surface area contributed by atoms with E-state index in [-0.39, 0.29) is 17.7 Å². The lowest BCUT2D eigenvalue weighted by Gasteiger charge is -2.16. The molecule has 0 aliphatic carbocycles. The van der Waals surface area contributed by atoms with E-state index in [2.05, 4.69) is 15.4 Å². The Hall–Kier alpha value is -1.69. The van der Waals surface area contributed by atoms with Gasteiger partial charge in [-0.3, -0.25) is 4.79 Å². The maximum atomic E-state index is 12.1. The molecular formula is C13H16F2N2O2. The first-order valence-electron chi connectivity index (χ1n) is 6.12. The molecule has 0 aromatic heterocycles. The molecule has 2 N–H and O–H groups in total. The minimum Gasteiger partial charge on any atom is -0.435 e. The predicted octanol–water partition coefficient (Wildman–Crippen LogP) is 1.63. The molecule has 1 amide bonds. The SMILES string of the molecule is CC1CNCC1NC(=O)c1cccc(OC(F)F)c1. The van der Waals surface area contributed by atoms with E-state index >= 15 is 0 Å². The van der Waals surface area contributed by atoms with Gasteiger partial charge >= 0.3 is 6.61 Å². The molecule has 1 aliphatic rings. The van der Waals surface area contributed by atoms with Crippen LogP contribution in [-0.2, 0) is 0 Å². The van der Waals surface area contributed by atoms with Gasteiger partial charge in [-0.15, -0.1) is 0 Å². The highest BCUT2D eigenvalue weighted by Gasteiger charge is 2.24. The second kappa shape index (κ2) is 5.97. The van der Waals surface area contributed by atoms with Crippen molar-refractivity contribution in [2.45, 2.75) is 19.6 Å². The number of hydrogen-bond donors (Lipinski definition) is 2. The standard InChI is InChI=1S/C13H16F2N2O2/c1-8-6-16-7-11(8)17-12(18)9-3-2-4-10(5-9)19-13(14)15/h2-5,8,11,13,16H,6-7H2,1H3,(H,17,18). The lowest BCUT2D eigenvalue weighted by atomic mass is 10.1. The first-order chi connectivity index (χ1) is 9.06. The van der Waals surface area contributed by atoms with Crippen LogP contribution in [0.15, 0.2) is 24.3 Å². The number of carbonyl (C=O) groups is 1.